The van der Waals surface area contributed by atoms with Crippen LogP contribution in [0.4, 0.5) is 0 Å². The van der Waals surface area contributed by atoms with Crippen LogP contribution in [0.3, 0.4) is 0 Å². The predicted molar refractivity (Wildman–Crippen MR) is 123 cm³/mol. The Balaban J connectivity index is 1.66. The minimum absolute atomic E-state index is 0.0359. The Morgan fingerprint density at radius 3 is 2.29 bits per heavy atom. The maximum Gasteiger partial charge on any atom is 0.228 e. The lowest BCUT2D eigenvalue weighted by molar-refractivity contribution is 0.102. The van der Waals surface area contributed by atoms with E-state index in [0.29, 0.717) is 11.4 Å². The number of ketones is 1. The zero-order valence-electron chi connectivity index (χ0n) is 17.2. The molecule has 0 spiro atoms. The summed E-state index contributed by atoms with van der Waals surface area (Å²) in [7, 11) is 2.11. The van der Waals surface area contributed by atoms with Crippen LogP contribution in [0.1, 0.15) is 21.7 Å². The van der Waals surface area contributed by atoms with Gasteiger partial charge in [-0.25, -0.2) is 4.98 Å². The second-order valence-corrected chi connectivity index (χ2v) is 8.00. The van der Waals surface area contributed by atoms with Gasteiger partial charge in [-0.1, -0.05) is 78.9 Å². The molecule has 0 N–H and O–H groups in total. The molecular weight excluding hydrogens is 382 g/mol. The smallest absolute Gasteiger partial charge is 0.228 e. The van der Waals surface area contributed by atoms with E-state index < -0.39 is 0 Å². The van der Waals surface area contributed by atoms with Crippen LogP contribution in [0.5, 0.6) is 0 Å². The molecule has 0 fully saturated rings. The molecule has 31 heavy (non-hydrogen) atoms. The van der Waals surface area contributed by atoms with E-state index in [1.807, 2.05) is 48.5 Å². The topological polar surface area (TPSA) is 39.8 Å². The monoisotopic (exact) mass is 403 g/mol. The highest BCUT2D eigenvalue weighted by Gasteiger charge is 2.31. The molecule has 150 valence electrons. The van der Waals surface area contributed by atoms with Gasteiger partial charge in [0, 0.05) is 35.6 Å². The zero-order valence-corrected chi connectivity index (χ0v) is 17.2. The van der Waals surface area contributed by atoms with Crippen LogP contribution in [0.2, 0.25) is 0 Å². The lowest BCUT2D eigenvalue weighted by Crippen LogP contribution is -2.17. The van der Waals surface area contributed by atoms with Crippen LogP contribution < -0.4 is 0 Å². The number of imidazole rings is 1. The summed E-state index contributed by atoms with van der Waals surface area (Å²) >= 11 is 0. The van der Waals surface area contributed by atoms with Crippen molar-refractivity contribution in [2.24, 2.45) is 7.05 Å². The summed E-state index contributed by atoms with van der Waals surface area (Å²) in [5.74, 6) is 0.474. The third kappa shape index (κ3) is 2.61. The third-order valence-electron chi connectivity index (χ3n) is 6.28. The van der Waals surface area contributed by atoms with Crippen LogP contribution in [-0.2, 0) is 20.0 Å². The van der Waals surface area contributed by atoms with Crippen molar-refractivity contribution in [3.63, 3.8) is 0 Å². The fourth-order valence-corrected chi connectivity index (χ4v) is 4.85. The molecule has 0 atom stereocenters. The molecular formula is C27H21N3O. The van der Waals surface area contributed by atoms with Gasteiger partial charge in [0.15, 0.2) is 5.82 Å². The highest BCUT2D eigenvalue weighted by atomic mass is 16.1. The Morgan fingerprint density at radius 2 is 1.52 bits per heavy atom. The average Bonchev–Trinajstić information content (AvgIpc) is 3.36. The van der Waals surface area contributed by atoms with Crippen molar-refractivity contribution < 1.29 is 4.79 Å². The van der Waals surface area contributed by atoms with Crippen LogP contribution in [-0.4, -0.2) is 19.9 Å². The van der Waals surface area contributed by atoms with Crippen LogP contribution in [0.25, 0.3) is 33.5 Å². The van der Waals surface area contributed by atoms with E-state index >= 15 is 0 Å². The van der Waals surface area contributed by atoms with Crippen molar-refractivity contribution in [2.75, 3.05) is 0 Å². The first kappa shape index (κ1) is 17.9. The highest BCUT2D eigenvalue weighted by molar-refractivity contribution is 6.08. The molecule has 5 aromatic rings. The van der Waals surface area contributed by atoms with Gasteiger partial charge in [0.25, 0.3) is 0 Å². The number of aromatic nitrogens is 3. The van der Waals surface area contributed by atoms with E-state index in [9.17, 15) is 4.79 Å². The lowest BCUT2D eigenvalue weighted by Gasteiger charge is -2.20. The molecule has 0 saturated carbocycles. The van der Waals surface area contributed by atoms with E-state index in [-0.39, 0.29) is 5.78 Å². The first-order chi connectivity index (χ1) is 15.2. The Morgan fingerprint density at radius 1 is 0.839 bits per heavy atom. The number of fused-ring (bicyclic) bond motifs is 5. The summed E-state index contributed by atoms with van der Waals surface area (Å²) in [6.07, 6.45) is 0.878. The standard InChI is InChI=1S/C27H21N3O/c1-29-22-15-9-8-14-20(22)21-16-17-30-25(24(21)29)23(18-10-4-2-5-11-18)28-27(30)26(31)19-12-6-3-7-13-19/h2-15H,16-17H2,1H3. The zero-order chi connectivity index (χ0) is 20.9. The van der Waals surface area contributed by atoms with Gasteiger partial charge in [-0.15, -0.1) is 0 Å². The van der Waals surface area contributed by atoms with Crippen molar-refractivity contribution in [1.29, 1.82) is 0 Å². The summed E-state index contributed by atoms with van der Waals surface area (Å²) < 4.78 is 4.37. The van der Waals surface area contributed by atoms with E-state index in [4.69, 9.17) is 4.98 Å². The summed E-state index contributed by atoms with van der Waals surface area (Å²) in [5.41, 5.74) is 7.29. The maximum atomic E-state index is 13.4. The average molecular weight is 403 g/mol. The van der Waals surface area contributed by atoms with Gasteiger partial charge in [-0.3, -0.25) is 4.79 Å². The molecule has 0 radical (unpaired) electrons. The van der Waals surface area contributed by atoms with Crippen molar-refractivity contribution in [1.82, 2.24) is 14.1 Å². The largest absolute Gasteiger partial charge is 0.342 e. The fourth-order valence-electron chi connectivity index (χ4n) is 4.85. The molecule has 2 aromatic heterocycles. The number of benzene rings is 3. The van der Waals surface area contributed by atoms with E-state index in [0.717, 1.165) is 35.6 Å². The predicted octanol–water partition coefficient (Wildman–Crippen LogP) is 5.50. The fraction of sp³-hybridized carbons (Fsp3) is 0.111. The molecule has 0 unspecified atom stereocenters. The number of carbonyl (C=O) groups excluding carboxylic acids is 1. The molecule has 4 heteroatoms. The highest BCUT2D eigenvalue weighted by Crippen LogP contribution is 2.42. The summed E-state index contributed by atoms with van der Waals surface area (Å²) in [4.78, 5) is 18.4. The quantitative estimate of drug-likeness (QED) is 0.373. The number of carbonyl (C=O) groups is 1. The molecule has 6 rings (SSSR count). The Labute approximate surface area is 180 Å². The molecule has 1 aliphatic heterocycles. The van der Waals surface area contributed by atoms with E-state index in [1.54, 1.807) is 0 Å². The summed E-state index contributed by atoms with van der Waals surface area (Å²) in [6, 6.07) is 28.1. The van der Waals surface area contributed by atoms with Gasteiger partial charge in [0.05, 0.1) is 17.1 Å². The number of para-hydroxylation sites is 1. The van der Waals surface area contributed by atoms with Gasteiger partial charge < -0.3 is 9.13 Å². The normalized spacial score (nSPS) is 12.5. The minimum Gasteiger partial charge on any atom is -0.342 e. The molecule has 0 aliphatic carbocycles. The second-order valence-electron chi connectivity index (χ2n) is 8.00. The number of hydrogen-bond donors (Lipinski definition) is 0. The Kier molecular flexibility index (Phi) is 3.93. The third-order valence-corrected chi connectivity index (χ3v) is 6.28. The number of nitrogens with zero attached hydrogens (tertiary/aromatic N) is 3. The van der Waals surface area contributed by atoms with Gasteiger partial charge >= 0.3 is 0 Å². The molecule has 1 aliphatic rings. The number of aryl methyl sites for hydroxylation is 2. The molecule has 4 nitrogen and oxygen atoms in total. The lowest BCUT2D eigenvalue weighted by atomic mass is 9.99. The molecule has 3 aromatic carbocycles. The summed E-state index contributed by atoms with van der Waals surface area (Å²) in [5, 5.41) is 1.28. The van der Waals surface area contributed by atoms with Crippen molar-refractivity contribution >= 4 is 16.7 Å². The Bertz CT molecular complexity index is 1440. The number of hydrogen-bond acceptors (Lipinski definition) is 2. The van der Waals surface area contributed by atoms with Crippen LogP contribution in [0, 0.1) is 0 Å². The second kappa shape index (κ2) is 6.81. The molecule has 0 amide bonds. The summed E-state index contributed by atoms with van der Waals surface area (Å²) in [6.45, 7) is 0.740. The van der Waals surface area contributed by atoms with E-state index in [1.165, 1.54) is 16.5 Å². The van der Waals surface area contributed by atoms with Crippen LogP contribution in [0.15, 0.2) is 84.9 Å². The van der Waals surface area contributed by atoms with Crippen molar-refractivity contribution in [3.05, 3.63) is 102 Å². The first-order valence-electron chi connectivity index (χ1n) is 10.6. The van der Waals surface area contributed by atoms with Gasteiger partial charge in [0.2, 0.25) is 5.78 Å². The first-order valence-corrected chi connectivity index (χ1v) is 10.6. The molecule has 0 saturated heterocycles. The number of rotatable bonds is 3. The maximum absolute atomic E-state index is 13.4. The van der Waals surface area contributed by atoms with Gasteiger partial charge in [-0.05, 0) is 18.1 Å². The van der Waals surface area contributed by atoms with Crippen molar-refractivity contribution in [3.8, 4) is 22.6 Å². The van der Waals surface area contributed by atoms with Crippen molar-refractivity contribution in [2.45, 2.75) is 13.0 Å². The van der Waals surface area contributed by atoms with E-state index in [2.05, 4.69) is 52.6 Å². The molecule has 3 heterocycles. The Hall–Kier alpha value is -3.92. The molecule has 0 bridgehead atoms. The van der Waals surface area contributed by atoms with Crippen LogP contribution >= 0.6 is 0 Å². The minimum atomic E-state index is -0.0359. The van der Waals surface area contributed by atoms with Gasteiger partial charge in [-0.2, -0.15) is 0 Å². The van der Waals surface area contributed by atoms with Gasteiger partial charge in [0.1, 0.15) is 0 Å². The SMILES string of the molecule is Cn1c2c(c3ccccc31)CCn1c(C(=O)c3ccccc3)nc(-c3ccccc3)c1-2.